The summed E-state index contributed by atoms with van der Waals surface area (Å²) >= 11 is 0. The molecule has 0 saturated carbocycles. The molecule has 0 spiro atoms. The smallest absolute Gasteiger partial charge is 0.170 e. The van der Waals surface area contributed by atoms with E-state index in [4.69, 9.17) is 15.7 Å². The number of oxime groups is 1. The molecule has 0 radical (unpaired) electrons. The molecule has 5 heteroatoms. The largest absolute Gasteiger partial charge is 0.489 e. The topological polar surface area (TPSA) is 67.8 Å². The van der Waals surface area contributed by atoms with Crippen LogP contribution in [0.1, 0.15) is 23.6 Å². The van der Waals surface area contributed by atoms with Crippen molar-refractivity contribution >= 4 is 5.84 Å². The highest BCUT2D eigenvalue weighted by molar-refractivity contribution is 5.97. The van der Waals surface area contributed by atoms with Gasteiger partial charge in [-0.25, -0.2) is 4.39 Å². The van der Waals surface area contributed by atoms with Crippen molar-refractivity contribution in [3.8, 4) is 5.75 Å². The van der Waals surface area contributed by atoms with Gasteiger partial charge in [-0.1, -0.05) is 30.3 Å². The maximum atomic E-state index is 13.5. The lowest BCUT2D eigenvalue weighted by molar-refractivity contribution is 0.302. The van der Waals surface area contributed by atoms with Crippen LogP contribution >= 0.6 is 0 Å². The second kappa shape index (κ2) is 6.74. The third-order valence-corrected chi connectivity index (χ3v) is 3.11. The van der Waals surface area contributed by atoms with E-state index in [9.17, 15) is 4.39 Å². The maximum absolute atomic E-state index is 13.5. The highest BCUT2D eigenvalue weighted by Crippen LogP contribution is 2.20. The normalized spacial score (nSPS) is 11.4. The van der Waals surface area contributed by atoms with Crippen molar-refractivity contribution in [2.45, 2.75) is 20.0 Å². The van der Waals surface area contributed by atoms with Crippen molar-refractivity contribution in [1.29, 1.82) is 0 Å². The molecule has 0 aliphatic carbocycles. The van der Waals surface area contributed by atoms with Crippen LogP contribution in [0.25, 0.3) is 0 Å². The molecule has 0 amide bonds. The Morgan fingerprint density at radius 3 is 2.76 bits per heavy atom. The molecule has 2 rings (SSSR count). The van der Waals surface area contributed by atoms with Gasteiger partial charge >= 0.3 is 0 Å². The van der Waals surface area contributed by atoms with Crippen LogP contribution in [0.4, 0.5) is 4.39 Å². The SMILES string of the molecule is CCc1ccccc1OCc1cc(F)cc(/C(N)=N/O)c1. The van der Waals surface area contributed by atoms with Crippen LogP contribution in [0.5, 0.6) is 5.75 Å². The predicted octanol–water partition coefficient (Wildman–Crippen LogP) is 3.06. The minimum atomic E-state index is -0.457. The van der Waals surface area contributed by atoms with E-state index in [1.165, 1.54) is 12.1 Å². The fourth-order valence-corrected chi connectivity index (χ4v) is 2.04. The Bertz CT molecular complexity index is 656. The Labute approximate surface area is 122 Å². The number of halogens is 1. The first kappa shape index (κ1) is 14.8. The molecule has 0 saturated heterocycles. The quantitative estimate of drug-likeness (QED) is 0.384. The van der Waals surface area contributed by atoms with Gasteiger partial charge in [0.25, 0.3) is 0 Å². The minimum Gasteiger partial charge on any atom is -0.489 e. The molecular formula is C16H17FN2O2. The summed E-state index contributed by atoms with van der Waals surface area (Å²) in [4.78, 5) is 0. The van der Waals surface area contributed by atoms with Gasteiger partial charge in [-0.05, 0) is 41.8 Å². The molecule has 2 aromatic carbocycles. The number of para-hydroxylation sites is 1. The second-order valence-electron chi connectivity index (χ2n) is 4.58. The number of benzene rings is 2. The number of hydrogen-bond donors (Lipinski definition) is 2. The maximum Gasteiger partial charge on any atom is 0.170 e. The molecule has 3 N–H and O–H groups in total. The van der Waals surface area contributed by atoms with Crippen LogP contribution in [0.15, 0.2) is 47.6 Å². The number of nitrogens with zero attached hydrogens (tertiary/aromatic N) is 1. The summed E-state index contributed by atoms with van der Waals surface area (Å²) in [7, 11) is 0. The summed E-state index contributed by atoms with van der Waals surface area (Å²) in [5.74, 6) is 0.181. The van der Waals surface area contributed by atoms with Crippen molar-refractivity contribution in [2.75, 3.05) is 0 Å². The highest BCUT2D eigenvalue weighted by Gasteiger charge is 2.07. The number of rotatable bonds is 5. The number of nitrogens with two attached hydrogens (primary N) is 1. The Morgan fingerprint density at radius 2 is 2.05 bits per heavy atom. The predicted molar refractivity (Wildman–Crippen MR) is 79.1 cm³/mol. The van der Waals surface area contributed by atoms with E-state index in [0.29, 0.717) is 11.1 Å². The highest BCUT2D eigenvalue weighted by atomic mass is 19.1. The Morgan fingerprint density at radius 1 is 1.29 bits per heavy atom. The zero-order valence-electron chi connectivity index (χ0n) is 11.7. The fraction of sp³-hybridized carbons (Fsp3) is 0.188. The molecule has 0 unspecified atom stereocenters. The molecule has 0 heterocycles. The van der Waals surface area contributed by atoms with Gasteiger partial charge in [-0.15, -0.1) is 0 Å². The summed E-state index contributed by atoms with van der Waals surface area (Å²) in [6.45, 7) is 2.25. The number of ether oxygens (including phenoxy) is 1. The lowest BCUT2D eigenvalue weighted by atomic mass is 10.1. The lowest BCUT2D eigenvalue weighted by Gasteiger charge is -2.11. The molecule has 0 fully saturated rings. The summed E-state index contributed by atoms with van der Waals surface area (Å²) in [6, 6.07) is 11.9. The second-order valence-corrected chi connectivity index (χ2v) is 4.58. The van der Waals surface area contributed by atoms with E-state index in [2.05, 4.69) is 5.16 Å². The van der Waals surface area contributed by atoms with Gasteiger partial charge in [0.2, 0.25) is 0 Å². The Hall–Kier alpha value is -2.56. The lowest BCUT2D eigenvalue weighted by Crippen LogP contribution is -2.14. The molecule has 2 aromatic rings. The monoisotopic (exact) mass is 288 g/mol. The van der Waals surface area contributed by atoms with Gasteiger partial charge in [0.1, 0.15) is 18.2 Å². The summed E-state index contributed by atoms with van der Waals surface area (Å²) in [5.41, 5.74) is 7.50. The number of aryl methyl sites for hydroxylation is 1. The van der Waals surface area contributed by atoms with Gasteiger partial charge in [-0.3, -0.25) is 0 Å². The molecule has 0 atom stereocenters. The third kappa shape index (κ3) is 3.72. The van der Waals surface area contributed by atoms with Gasteiger partial charge in [0.15, 0.2) is 5.84 Å². The number of hydrogen-bond acceptors (Lipinski definition) is 3. The Balaban J connectivity index is 2.18. The first-order valence-electron chi connectivity index (χ1n) is 6.62. The van der Waals surface area contributed by atoms with Crippen LogP contribution in [-0.4, -0.2) is 11.0 Å². The van der Waals surface area contributed by atoms with Gasteiger partial charge in [0.05, 0.1) is 0 Å². The molecule has 0 aliphatic heterocycles. The van der Waals surface area contributed by atoms with Crippen molar-refractivity contribution in [2.24, 2.45) is 10.9 Å². The van der Waals surface area contributed by atoms with Gasteiger partial charge < -0.3 is 15.7 Å². The van der Waals surface area contributed by atoms with Crippen LogP contribution in [0, 0.1) is 5.82 Å². The van der Waals surface area contributed by atoms with E-state index in [-0.39, 0.29) is 12.4 Å². The summed E-state index contributed by atoms with van der Waals surface area (Å²) in [6.07, 6.45) is 0.856. The molecule has 110 valence electrons. The first-order chi connectivity index (χ1) is 10.1. The standard InChI is InChI=1S/C16H17FN2O2/c1-2-12-5-3-4-6-15(12)21-10-11-7-13(16(18)19-20)9-14(17)8-11/h3-9,20H,2,10H2,1H3,(H2,18,19). The summed E-state index contributed by atoms with van der Waals surface area (Å²) < 4.78 is 19.3. The fourth-order valence-electron chi connectivity index (χ4n) is 2.04. The molecule has 4 nitrogen and oxygen atoms in total. The number of amidine groups is 1. The van der Waals surface area contributed by atoms with E-state index in [1.807, 2.05) is 31.2 Å². The van der Waals surface area contributed by atoms with Gasteiger partial charge in [0, 0.05) is 5.56 Å². The Kier molecular flexibility index (Phi) is 4.77. The zero-order chi connectivity index (χ0) is 15.2. The van der Waals surface area contributed by atoms with Crippen molar-refractivity contribution in [3.05, 3.63) is 65.0 Å². The van der Waals surface area contributed by atoms with Crippen molar-refractivity contribution in [1.82, 2.24) is 0 Å². The average molecular weight is 288 g/mol. The average Bonchev–Trinajstić information content (AvgIpc) is 2.51. The molecule has 0 bridgehead atoms. The molecular weight excluding hydrogens is 271 g/mol. The van der Waals surface area contributed by atoms with Crippen LogP contribution < -0.4 is 10.5 Å². The van der Waals surface area contributed by atoms with Crippen molar-refractivity contribution < 1.29 is 14.3 Å². The van der Waals surface area contributed by atoms with Crippen LogP contribution in [0.2, 0.25) is 0 Å². The van der Waals surface area contributed by atoms with E-state index < -0.39 is 5.82 Å². The molecule has 0 aliphatic rings. The summed E-state index contributed by atoms with van der Waals surface area (Å²) in [5, 5.41) is 11.5. The molecule has 21 heavy (non-hydrogen) atoms. The van der Waals surface area contributed by atoms with Gasteiger partial charge in [-0.2, -0.15) is 0 Å². The van der Waals surface area contributed by atoms with E-state index in [1.54, 1.807) is 6.07 Å². The molecule has 0 aromatic heterocycles. The van der Waals surface area contributed by atoms with Crippen LogP contribution in [0.3, 0.4) is 0 Å². The first-order valence-corrected chi connectivity index (χ1v) is 6.62. The van der Waals surface area contributed by atoms with Crippen LogP contribution in [-0.2, 0) is 13.0 Å². The zero-order valence-corrected chi connectivity index (χ0v) is 11.7. The van der Waals surface area contributed by atoms with E-state index >= 15 is 0 Å². The van der Waals surface area contributed by atoms with E-state index in [0.717, 1.165) is 17.7 Å². The third-order valence-electron chi connectivity index (χ3n) is 3.11. The van der Waals surface area contributed by atoms with Crippen molar-refractivity contribution in [3.63, 3.8) is 0 Å². The minimum absolute atomic E-state index is 0.135.